The molecule has 94 valence electrons. The Morgan fingerprint density at radius 2 is 2.25 bits per heavy atom. The number of likely N-dealkylation sites (N-methyl/N-ethyl adjacent to an activating group) is 1. The topological polar surface area (TPSA) is 41.6 Å². The molecule has 1 heterocycles. The van der Waals surface area contributed by atoms with Crippen LogP contribution < -0.4 is 5.32 Å². The third kappa shape index (κ3) is 4.10. The van der Waals surface area contributed by atoms with Crippen LogP contribution >= 0.6 is 0 Å². The summed E-state index contributed by atoms with van der Waals surface area (Å²) in [4.78, 5) is 14.1. The Morgan fingerprint density at radius 1 is 1.44 bits per heavy atom. The fourth-order valence-electron chi connectivity index (χ4n) is 2.09. The van der Waals surface area contributed by atoms with E-state index in [0.29, 0.717) is 13.2 Å². The second-order valence-electron chi connectivity index (χ2n) is 4.27. The van der Waals surface area contributed by atoms with Gasteiger partial charge in [-0.1, -0.05) is 12.8 Å². The lowest BCUT2D eigenvalue weighted by molar-refractivity contribution is -0.134. The van der Waals surface area contributed by atoms with Crippen molar-refractivity contribution >= 4 is 5.91 Å². The molecule has 1 N–H and O–H groups in total. The normalized spacial score (nSPS) is 21.5. The van der Waals surface area contributed by atoms with E-state index in [1.54, 1.807) is 7.11 Å². The van der Waals surface area contributed by atoms with Crippen LogP contribution in [0.15, 0.2) is 0 Å². The third-order valence-electron chi connectivity index (χ3n) is 3.12. The summed E-state index contributed by atoms with van der Waals surface area (Å²) in [5.74, 6) is 0.237. The van der Waals surface area contributed by atoms with Gasteiger partial charge in [0.2, 0.25) is 5.91 Å². The molecule has 4 nitrogen and oxygen atoms in total. The predicted molar refractivity (Wildman–Crippen MR) is 64.4 cm³/mol. The summed E-state index contributed by atoms with van der Waals surface area (Å²) in [5.41, 5.74) is 0. The minimum absolute atomic E-state index is 0.0271. The summed E-state index contributed by atoms with van der Waals surface area (Å²) < 4.78 is 5.02. The summed E-state index contributed by atoms with van der Waals surface area (Å²) in [6, 6.07) is 0.0271. The van der Waals surface area contributed by atoms with E-state index >= 15 is 0 Å². The largest absolute Gasteiger partial charge is 0.383 e. The van der Waals surface area contributed by atoms with Gasteiger partial charge in [-0.15, -0.1) is 0 Å². The van der Waals surface area contributed by atoms with Crippen molar-refractivity contribution in [1.82, 2.24) is 10.2 Å². The first kappa shape index (κ1) is 13.5. The van der Waals surface area contributed by atoms with E-state index in [9.17, 15) is 4.79 Å². The van der Waals surface area contributed by atoms with Crippen molar-refractivity contribution < 1.29 is 9.53 Å². The second-order valence-corrected chi connectivity index (χ2v) is 4.27. The van der Waals surface area contributed by atoms with Crippen LogP contribution in [0.2, 0.25) is 0 Å². The maximum Gasteiger partial charge on any atom is 0.239 e. The predicted octanol–water partition coefficient (Wildman–Crippen LogP) is 1.01. The first-order chi connectivity index (χ1) is 7.79. The molecule has 1 unspecified atom stereocenters. The van der Waals surface area contributed by atoms with Gasteiger partial charge < -0.3 is 15.0 Å². The minimum Gasteiger partial charge on any atom is -0.383 e. The number of rotatable bonds is 5. The van der Waals surface area contributed by atoms with Gasteiger partial charge in [0.05, 0.1) is 12.6 Å². The van der Waals surface area contributed by atoms with E-state index in [2.05, 4.69) is 5.32 Å². The standard InChI is InChI=1S/C12H24N2O2/c1-3-14(9-10-16-2)12(15)11-7-5-4-6-8-13-11/h11,13H,3-10H2,1-2H3. The zero-order valence-electron chi connectivity index (χ0n) is 10.5. The van der Waals surface area contributed by atoms with Gasteiger partial charge in [0.15, 0.2) is 0 Å². The van der Waals surface area contributed by atoms with Crippen molar-refractivity contribution in [1.29, 1.82) is 0 Å². The van der Waals surface area contributed by atoms with Crippen molar-refractivity contribution in [3.8, 4) is 0 Å². The quantitative estimate of drug-likeness (QED) is 0.763. The van der Waals surface area contributed by atoms with Crippen molar-refractivity contribution in [2.45, 2.75) is 38.6 Å². The van der Waals surface area contributed by atoms with E-state index in [0.717, 1.165) is 25.9 Å². The fraction of sp³-hybridized carbons (Fsp3) is 0.917. The Bertz CT molecular complexity index is 201. The molecule has 0 aliphatic carbocycles. The van der Waals surface area contributed by atoms with Crippen molar-refractivity contribution in [2.75, 3.05) is 33.4 Å². The fourth-order valence-corrected chi connectivity index (χ4v) is 2.09. The molecular weight excluding hydrogens is 204 g/mol. The minimum atomic E-state index is 0.0271. The summed E-state index contributed by atoms with van der Waals surface area (Å²) in [6.07, 6.45) is 4.56. The van der Waals surface area contributed by atoms with Gasteiger partial charge in [0.1, 0.15) is 0 Å². The monoisotopic (exact) mass is 228 g/mol. The first-order valence-corrected chi connectivity index (χ1v) is 6.30. The zero-order chi connectivity index (χ0) is 11.8. The van der Waals surface area contributed by atoms with Gasteiger partial charge in [-0.05, 0) is 26.3 Å². The average Bonchev–Trinajstić information content (AvgIpc) is 2.58. The van der Waals surface area contributed by atoms with Gasteiger partial charge in [-0.3, -0.25) is 4.79 Å². The number of hydrogen-bond donors (Lipinski definition) is 1. The molecule has 1 saturated heterocycles. The number of carbonyl (C=O) groups is 1. The van der Waals surface area contributed by atoms with Crippen LogP contribution in [0.5, 0.6) is 0 Å². The summed E-state index contributed by atoms with van der Waals surface area (Å²) in [5, 5.41) is 3.34. The number of carbonyl (C=O) groups excluding carboxylic acids is 1. The van der Waals surface area contributed by atoms with E-state index in [4.69, 9.17) is 4.74 Å². The molecule has 16 heavy (non-hydrogen) atoms. The van der Waals surface area contributed by atoms with E-state index in [1.807, 2.05) is 11.8 Å². The molecule has 1 rings (SSSR count). The number of nitrogens with zero attached hydrogens (tertiary/aromatic N) is 1. The van der Waals surface area contributed by atoms with Gasteiger partial charge in [-0.2, -0.15) is 0 Å². The van der Waals surface area contributed by atoms with Crippen molar-refractivity contribution in [3.05, 3.63) is 0 Å². The van der Waals surface area contributed by atoms with Crippen molar-refractivity contribution in [3.63, 3.8) is 0 Å². The second kappa shape index (κ2) is 7.63. The smallest absolute Gasteiger partial charge is 0.239 e. The Labute approximate surface area is 98.3 Å². The molecule has 0 radical (unpaired) electrons. The van der Waals surface area contributed by atoms with Gasteiger partial charge in [0.25, 0.3) is 0 Å². The zero-order valence-corrected chi connectivity index (χ0v) is 10.5. The molecule has 1 amide bonds. The highest BCUT2D eigenvalue weighted by molar-refractivity contribution is 5.81. The molecule has 1 fully saturated rings. The number of amides is 1. The highest BCUT2D eigenvalue weighted by Crippen LogP contribution is 2.10. The maximum absolute atomic E-state index is 12.2. The molecule has 0 aromatic rings. The molecule has 1 atom stereocenters. The van der Waals surface area contributed by atoms with Gasteiger partial charge in [-0.25, -0.2) is 0 Å². The number of methoxy groups -OCH3 is 1. The summed E-state index contributed by atoms with van der Waals surface area (Å²) >= 11 is 0. The third-order valence-corrected chi connectivity index (χ3v) is 3.12. The molecule has 1 aliphatic rings. The molecule has 0 bridgehead atoms. The average molecular weight is 228 g/mol. The molecule has 0 aromatic carbocycles. The van der Waals surface area contributed by atoms with Crippen LogP contribution in [0.4, 0.5) is 0 Å². The summed E-state index contributed by atoms with van der Waals surface area (Å²) in [6.45, 7) is 5.07. The first-order valence-electron chi connectivity index (χ1n) is 6.30. The van der Waals surface area contributed by atoms with E-state index < -0.39 is 0 Å². The van der Waals surface area contributed by atoms with Crippen LogP contribution in [-0.2, 0) is 9.53 Å². The lowest BCUT2D eigenvalue weighted by Gasteiger charge is -2.25. The van der Waals surface area contributed by atoms with Crippen LogP contribution in [0.1, 0.15) is 32.6 Å². The molecule has 1 aliphatic heterocycles. The molecular formula is C12H24N2O2. The van der Waals surface area contributed by atoms with Gasteiger partial charge in [0, 0.05) is 20.2 Å². The molecule has 0 aromatic heterocycles. The van der Waals surface area contributed by atoms with E-state index in [-0.39, 0.29) is 11.9 Å². The highest BCUT2D eigenvalue weighted by Gasteiger charge is 2.23. The Kier molecular flexibility index (Phi) is 6.42. The molecule has 0 spiro atoms. The highest BCUT2D eigenvalue weighted by atomic mass is 16.5. The van der Waals surface area contributed by atoms with Crippen LogP contribution in [-0.4, -0.2) is 50.2 Å². The SMILES string of the molecule is CCN(CCOC)C(=O)C1CCCCCN1. The molecule has 0 saturated carbocycles. The Morgan fingerprint density at radius 3 is 2.94 bits per heavy atom. The lowest BCUT2D eigenvalue weighted by Crippen LogP contribution is -2.47. The van der Waals surface area contributed by atoms with E-state index in [1.165, 1.54) is 12.8 Å². The van der Waals surface area contributed by atoms with Crippen LogP contribution in [0, 0.1) is 0 Å². The van der Waals surface area contributed by atoms with Crippen molar-refractivity contribution in [2.24, 2.45) is 0 Å². The lowest BCUT2D eigenvalue weighted by atomic mass is 10.1. The number of ether oxygens (including phenoxy) is 1. The summed E-state index contributed by atoms with van der Waals surface area (Å²) in [7, 11) is 1.67. The molecule has 4 heteroatoms. The maximum atomic E-state index is 12.2. The Hall–Kier alpha value is -0.610. The number of hydrogen-bond acceptors (Lipinski definition) is 3. The van der Waals surface area contributed by atoms with Crippen LogP contribution in [0.25, 0.3) is 0 Å². The Balaban J connectivity index is 2.44. The van der Waals surface area contributed by atoms with Crippen LogP contribution in [0.3, 0.4) is 0 Å². The number of nitrogens with one attached hydrogen (secondary N) is 1. The van der Waals surface area contributed by atoms with Gasteiger partial charge >= 0.3 is 0 Å².